The molecular weight excluding hydrogens is 346 g/mol. The molecule has 6 heteroatoms. The normalized spacial score (nSPS) is 25.3. The van der Waals surface area contributed by atoms with E-state index < -0.39 is 5.54 Å². The third-order valence-electron chi connectivity index (χ3n) is 6.30. The van der Waals surface area contributed by atoms with Crippen LogP contribution in [-0.4, -0.2) is 46.9 Å². The average molecular weight is 378 g/mol. The zero-order valence-corrected chi connectivity index (χ0v) is 17.0. The Morgan fingerprint density at radius 1 is 1.27 bits per heavy atom. The molecule has 5 nitrogen and oxygen atoms in total. The predicted octanol–water partition coefficient (Wildman–Crippen LogP) is 3.71. The highest BCUT2D eigenvalue weighted by molar-refractivity contribution is 7.07. The molecule has 3 amide bonds. The van der Waals surface area contributed by atoms with E-state index in [2.05, 4.69) is 24.1 Å². The van der Waals surface area contributed by atoms with E-state index in [4.69, 9.17) is 0 Å². The number of hydrogen-bond acceptors (Lipinski definition) is 4. The van der Waals surface area contributed by atoms with E-state index in [0.717, 1.165) is 44.0 Å². The van der Waals surface area contributed by atoms with Gasteiger partial charge in [0.1, 0.15) is 5.54 Å². The monoisotopic (exact) mass is 377 g/mol. The van der Waals surface area contributed by atoms with Gasteiger partial charge in [0.25, 0.3) is 5.91 Å². The Hall–Kier alpha value is -1.40. The third-order valence-corrected chi connectivity index (χ3v) is 7.03. The van der Waals surface area contributed by atoms with Crippen molar-refractivity contribution in [2.45, 2.75) is 58.5 Å². The highest BCUT2D eigenvalue weighted by atomic mass is 32.1. The smallest absolute Gasteiger partial charge is 0.323 e. The minimum Gasteiger partial charge on any atom is -0.323 e. The van der Waals surface area contributed by atoms with Crippen molar-refractivity contribution in [1.82, 2.24) is 15.1 Å². The van der Waals surface area contributed by atoms with Gasteiger partial charge in [-0.3, -0.25) is 9.69 Å². The standard InChI is InChI=1S/C20H31N3O2S/c1-4-15(5-2)12-22-9-6-17(7-10-22)20(3)18(24)23(19(25)21-20)13-16-8-11-26-14-16/h8,11,14-15,17H,4-7,9-10,12-13H2,1-3H3,(H,21,25)/t20-/m0/s1. The molecule has 3 heterocycles. The maximum atomic E-state index is 13.0. The van der Waals surface area contributed by atoms with E-state index in [1.807, 2.05) is 23.8 Å². The van der Waals surface area contributed by atoms with E-state index in [1.54, 1.807) is 11.3 Å². The third kappa shape index (κ3) is 3.81. The Labute approximate surface area is 160 Å². The Morgan fingerprint density at radius 3 is 2.54 bits per heavy atom. The van der Waals surface area contributed by atoms with Crippen molar-refractivity contribution in [3.8, 4) is 0 Å². The molecule has 1 N–H and O–H groups in total. The van der Waals surface area contributed by atoms with Crippen molar-refractivity contribution in [2.75, 3.05) is 19.6 Å². The lowest BCUT2D eigenvalue weighted by molar-refractivity contribution is -0.133. The van der Waals surface area contributed by atoms with Crippen molar-refractivity contribution in [1.29, 1.82) is 0 Å². The van der Waals surface area contributed by atoms with Crippen molar-refractivity contribution >= 4 is 23.3 Å². The van der Waals surface area contributed by atoms with Crippen LogP contribution in [-0.2, 0) is 11.3 Å². The van der Waals surface area contributed by atoms with Crippen LogP contribution >= 0.6 is 11.3 Å². The zero-order chi connectivity index (χ0) is 18.7. The summed E-state index contributed by atoms with van der Waals surface area (Å²) in [5.41, 5.74) is 0.261. The van der Waals surface area contributed by atoms with Gasteiger partial charge in [0.2, 0.25) is 0 Å². The lowest BCUT2D eigenvalue weighted by Crippen LogP contribution is -2.54. The number of urea groups is 1. The lowest BCUT2D eigenvalue weighted by atomic mass is 9.78. The summed E-state index contributed by atoms with van der Waals surface area (Å²) in [5.74, 6) is 0.910. The van der Waals surface area contributed by atoms with E-state index >= 15 is 0 Å². The first-order valence-corrected chi connectivity index (χ1v) is 10.8. The predicted molar refractivity (Wildman–Crippen MR) is 105 cm³/mol. The maximum Gasteiger partial charge on any atom is 0.325 e. The van der Waals surface area contributed by atoms with Crippen molar-refractivity contribution in [2.24, 2.45) is 11.8 Å². The van der Waals surface area contributed by atoms with Gasteiger partial charge in [0.15, 0.2) is 0 Å². The van der Waals surface area contributed by atoms with Crippen molar-refractivity contribution in [3.63, 3.8) is 0 Å². The number of rotatable bonds is 7. The number of amides is 3. The minimum absolute atomic E-state index is 0.0628. The van der Waals surface area contributed by atoms with Gasteiger partial charge in [-0.25, -0.2) is 4.79 Å². The summed E-state index contributed by atoms with van der Waals surface area (Å²) in [6, 6.07) is 1.72. The molecule has 2 saturated heterocycles. The van der Waals surface area contributed by atoms with Gasteiger partial charge >= 0.3 is 6.03 Å². The quantitative estimate of drug-likeness (QED) is 0.737. The van der Waals surface area contributed by atoms with Gasteiger partial charge in [0.05, 0.1) is 6.54 Å². The van der Waals surface area contributed by atoms with E-state index in [-0.39, 0.29) is 17.9 Å². The number of thiophene rings is 1. The number of carbonyl (C=O) groups excluding carboxylic acids is 2. The fraction of sp³-hybridized carbons (Fsp3) is 0.700. The molecule has 0 unspecified atom stereocenters. The Balaban J connectivity index is 1.61. The van der Waals surface area contributed by atoms with Crippen molar-refractivity contribution < 1.29 is 9.59 Å². The summed E-state index contributed by atoms with van der Waals surface area (Å²) in [5, 5.41) is 6.98. The topological polar surface area (TPSA) is 52.7 Å². The Kier molecular flexibility index (Phi) is 6.03. The second-order valence-corrected chi connectivity index (χ2v) is 8.69. The molecule has 2 aliphatic heterocycles. The molecule has 2 aliphatic rings. The summed E-state index contributed by atoms with van der Waals surface area (Å²) in [6.07, 6.45) is 4.38. The second-order valence-electron chi connectivity index (χ2n) is 7.91. The number of imide groups is 1. The molecule has 3 rings (SSSR count). The fourth-order valence-corrected chi connectivity index (χ4v) is 4.97. The second kappa shape index (κ2) is 8.09. The van der Waals surface area contributed by atoms with Gasteiger partial charge < -0.3 is 10.2 Å². The fourth-order valence-electron chi connectivity index (χ4n) is 4.31. The molecule has 0 spiro atoms. The molecule has 0 saturated carbocycles. The SMILES string of the molecule is CCC(CC)CN1CCC([C@]2(C)NC(=O)N(Cc3ccsc3)C2=O)CC1. The van der Waals surface area contributed by atoms with Crippen LogP contribution in [0.15, 0.2) is 16.8 Å². The molecule has 2 fully saturated rings. The molecule has 26 heavy (non-hydrogen) atoms. The van der Waals surface area contributed by atoms with E-state index in [0.29, 0.717) is 6.54 Å². The highest BCUT2D eigenvalue weighted by Crippen LogP contribution is 2.34. The van der Waals surface area contributed by atoms with Crippen LogP contribution < -0.4 is 5.32 Å². The Bertz CT molecular complexity index is 621. The minimum atomic E-state index is -0.756. The van der Waals surface area contributed by atoms with Gasteiger partial charge in [-0.2, -0.15) is 11.3 Å². The van der Waals surface area contributed by atoms with E-state index in [9.17, 15) is 9.59 Å². The molecule has 1 aromatic heterocycles. The molecule has 0 radical (unpaired) electrons. The number of nitrogens with zero attached hydrogens (tertiary/aromatic N) is 2. The number of nitrogens with one attached hydrogen (secondary N) is 1. The van der Waals surface area contributed by atoms with Crippen LogP contribution in [0, 0.1) is 11.8 Å². The van der Waals surface area contributed by atoms with Crippen LogP contribution in [0.2, 0.25) is 0 Å². The van der Waals surface area contributed by atoms with Crippen LogP contribution in [0.3, 0.4) is 0 Å². The molecular formula is C20H31N3O2S. The largest absolute Gasteiger partial charge is 0.325 e. The summed E-state index contributed by atoms with van der Waals surface area (Å²) < 4.78 is 0. The molecule has 0 bridgehead atoms. The van der Waals surface area contributed by atoms with Gasteiger partial charge in [-0.1, -0.05) is 26.7 Å². The van der Waals surface area contributed by atoms with Gasteiger partial charge in [-0.15, -0.1) is 0 Å². The average Bonchev–Trinajstić information content (AvgIpc) is 3.23. The molecule has 0 aromatic carbocycles. The summed E-state index contributed by atoms with van der Waals surface area (Å²) in [6.45, 7) is 10.0. The number of piperidine rings is 1. The number of carbonyl (C=O) groups is 2. The zero-order valence-electron chi connectivity index (χ0n) is 16.2. The highest BCUT2D eigenvalue weighted by Gasteiger charge is 2.52. The first kappa shape index (κ1) is 19.4. The van der Waals surface area contributed by atoms with Crippen LogP contribution in [0.25, 0.3) is 0 Å². The Morgan fingerprint density at radius 2 is 1.96 bits per heavy atom. The lowest BCUT2D eigenvalue weighted by Gasteiger charge is -2.39. The molecule has 144 valence electrons. The van der Waals surface area contributed by atoms with Crippen molar-refractivity contribution in [3.05, 3.63) is 22.4 Å². The molecule has 0 aliphatic carbocycles. The summed E-state index contributed by atoms with van der Waals surface area (Å²) in [7, 11) is 0. The van der Waals surface area contributed by atoms with E-state index in [1.165, 1.54) is 17.7 Å². The molecule has 1 aromatic rings. The van der Waals surface area contributed by atoms with Crippen LogP contribution in [0.4, 0.5) is 4.79 Å². The van der Waals surface area contributed by atoms with Crippen LogP contribution in [0.1, 0.15) is 52.0 Å². The van der Waals surface area contributed by atoms with Crippen LogP contribution in [0.5, 0.6) is 0 Å². The maximum absolute atomic E-state index is 13.0. The van der Waals surface area contributed by atoms with Gasteiger partial charge in [-0.05, 0) is 67.1 Å². The number of likely N-dealkylation sites (tertiary alicyclic amines) is 1. The number of hydrogen-bond donors (Lipinski definition) is 1. The first-order chi connectivity index (χ1) is 12.5. The first-order valence-electron chi connectivity index (χ1n) is 9.85. The summed E-state index contributed by atoms with van der Waals surface area (Å²) >= 11 is 1.59. The summed E-state index contributed by atoms with van der Waals surface area (Å²) in [4.78, 5) is 29.4. The molecule has 1 atom stereocenters. The van der Waals surface area contributed by atoms with Gasteiger partial charge in [0, 0.05) is 6.54 Å².